The smallest absolute Gasteiger partial charge is 0.330 e. The van der Waals surface area contributed by atoms with E-state index in [4.69, 9.17) is 11.7 Å². The minimum Gasteiger partial charge on any atom is -0.478 e. The predicted molar refractivity (Wildman–Crippen MR) is 134 cm³/mol. The molecule has 0 amide bonds. The van der Waals surface area contributed by atoms with Crippen molar-refractivity contribution in [2.24, 2.45) is 45.8 Å². The Labute approximate surface area is 200 Å². The van der Waals surface area contributed by atoms with Gasteiger partial charge in [0.1, 0.15) is 5.78 Å². The first kappa shape index (κ1) is 24.5. The number of carboxylic acid groups (broad SMARTS) is 1. The number of carbonyl (C=O) groups excluding carboxylic acids is 1. The first-order valence-corrected chi connectivity index (χ1v) is 13.2. The van der Waals surface area contributed by atoms with Crippen molar-refractivity contribution in [3.63, 3.8) is 0 Å². The molecule has 0 aliphatic heterocycles. The van der Waals surface area contributed by atoms with Gasteiger partial charge in [-0.3, -0.25) is 4.79 Å². The van der Waals surface area contributed by atoms with Crippen molar-refractivity contribution < 1.29 is 14.7 Å². The van der Waals surface area contributed by atoms with Crippen LogP contribution in [0.2, 0.25) is 0 Å². The zero-order valence-corrected chi connectivity index (χ0v) is 21.7. The van der Waals surface area contributed by atoms with Crippen LogP contribution in [0.5, 0.6) is 0 Å². The number of hydrogen-bond donors (Lipinski definition) is 1. The molecule has 0 radical (unpaired) electrons. The first-order chi connectivity index (χ1) is 15.3. The van der Waals surface area contributed by atoms with E-state index < -0.39 is 5.97 Å². The molecule has 0 aromatic carbocycles. The second-order valence-electron chi connectivity index (χ2n) is 12.8. The molecule has 1 unspecified atom stereocenters. The summed E-state index contributed by atoms with van der Waals surface area (Å²) in [5, 5.41) is 9.11. The summed E-state index contributed by atoms with van der Waals surface area (Å²) in [6, 6.07) is 0. The highest BCUT2D eigenvalue weighted by atomic mass is 16.4. The largest absolute Gasteiger partial charge is 0.478 e. The quantitative estimate of drug-likeness (QED) is 0.349. The van der Waals surface area contributed by atoms with Crippen molar-refractivity contribution in [1.82, 2.24) is 0 Å². The van der Waals surface area contributed by atoms with Gasteiger partial charge in [-0.2, -0.15) is 0 Å². The Morgan fingerprint density at radius 1 is 1.24 bits per heavy atom. The highest BCUT2D eigenvalue weighted by Crippen LogP contribution is 2.70. The van der Waals surface area contributed by atoms with E-state index in [0.717, 1.165) is 32.1 Å². The van der Waals surface area contributed by atoms with Crippen LogP contribution in [-0.2, 0) is 9.59 Å². The summed E-state index contributed by atoms with van der Waals surface area (Å²) < 4.78 is 0. The monoisotopic (exact) mass is 452 g/mol. The number of aliphatic carboxylic acids is 1. The van der Waals surface area contributed by atoms with Gasteiger partial charge in [0.15, 0.2) is 0 Å². The zero-order valence-electron chi connectivity index (χ0n) is 21.7. The second-order valence-corrected chi connectivity index (χ2v) is 12.8. The Morgan fingerprint density at radius 3 is 2.61 bits per heavy atom. The van der Waals surface area contributed by atoms with Gasteiger partial charge in [-0.15, -0.1) is 0 Å². The van der Waals surface area contributed by atoms with Crippen LogP contribution in [0.3, 0.4) is 0 Å². The Hall–Kier alpha value is -1.64. The molecule has 4 aliphatic rings. The first-order valence-electron chi connectivity index (χ1n) is 13.2. The maximum atomic E-state index is 12.8. The van der Waals surface area contributed by atoms with E-state index in [-0.39, 0.29) is 16.2 Å². The van der Waals surface area contributed by atoms with Crippen molar-refractivity contribution in [3.8, 4) is 0 Å². The maximum Gasteiger partial charge on any atom is 0.330 e. The summed E-state index contributed by atoms with van der Waals surface area (Å²) in [5.74, 6) is 2.22. The molecule has 4 rings (SSSR count). The molecule has 33 heavy (non-hydrogen) atoms. The standard InChI is InChI=1S/C30H44O3/c1-18(9-8-10-19(2)27(32)33)21-13-15-29(6)22-11-12-25-28(4,5)26(31)14-16-30(25,7)24(22)17-23(29)20(21)3/h10-11,18,21,23-25H,3,8-9,12-17H2,1-2,4-7H3,(H,32,33)/b19-10-/t18-,21-,23?,24+,25+,29+,30-/m1/s1. The second kappa shape index (κ2) is 8.24. The lowest BCUT2D eigenvalue weighted by Gasteiger charge is -2.56. The molecule has 182 valence electrons. The van der Waals surface area contributed by atoms with Gasteiger partial charge in [-0.1, -0.05) is 64.5 Å². The Kier molecular flexibility index (Phi) is 6.11. The predicted octanol–water partition coefficient (Wildman–Crippen LogP) is 7.38. The van der Waals surface area contributed by atoms with Gasteiger partial charge in [0.25, 0.3) is 0 Å². The van der Waals surface area contributed by atoms with E-state index >= 15 is 0 Å². The summed E-state index contributed by atoms with van der Waals surface area (Å²) in [5.41, 5.74) is 3.78. The normalized spacial score (nSPS) is 41.0. The third-order valence-electron chi connectivity index (χ3n) is 10.9. The van der Waals surface area contributed by atoms with Crippen molar-refractivity contribution in [2.75, 3.05) is 0 Å². The third kappa shape index (κ3) is 3.69. The minimum absolute atomic E-state index is 0.211. The summed E-state index contributed by atoms with van der Waals surface area (Å²) in [4.78, 5) is 23.9. The lowest BCUT2D eigenvalue weighted by Crippen LogP contribution is -2.52. The molecule has 0 aromatic heterocycles. The molecule has 0 aromatic rings. The fourth-order valence-electron chi connectivity index (χ4n) is 8.63. The van der Waals surface area contributed by atoms with Crippen LogP contribution in [0.15, 0.2) is 35.5 Å². The fraction of sp³-hybridized carbons (Fsp3) is 0.733. The Morgan fingerprint density at radius 2 is 1.94 bits per heavy atom. The van der Waals surface area contributed by atoms with Crippen LogP contribution in [0, 0.1) is 45.8 Å². The molecule has 0 heterocycles. The molecule has 3 saturated carbocycles. The molecule has 1 N–H and O–H groups in total. The number of ketones is 1. The number of Topliss-reactive ketones (excluding diaryl/α,β-unsaturated/α-hetero) is 1. The highest BCUT2D eigenvalue weighted by Gasteiger charge is 2.62. The highest BCUT2D eigenvalue weighted by molar-refractivity contribution is 5.86. The summed E-state index contributed by atoms with van der Waals surface area (Å²) in [7, 11) is 0. The number of hydrogen-bond acceptors (Lipinski definition) is 2. The molecule has 7 atom stereocenters. The van der Waals surface area contributed by atoms with Gasteiger partial charge in [0, 0.05) is 17.4 Å². The number of rotatable bonds is 5. The number of carbonyl (C=O) groups is 2. The Balaban J connectivity index is 1.54. The van der Waals surface area contributed by atoms with Crippen LogP contribution >= 0.6 is 0 Å². The average Bonchev–Trinajstić information content (AvgIpc) is 3.06. The molecular formula is C30H44O3. The van der Waals surface area contributed by atoms with E-state index in [1.54, 1.807) is 12.5 Å². The maximum absolute atomic E-state index is 12.8. The van der Waals surface area contributed by atoms with Crippen molar-refractivity contribution in [2.45, 2.75) is 92.9 Å². The van der Waals surface area contributed by atoms with Crippen LogP contribution in [-0.4, -0.2) is 16.9 Å². The van der Waals surface area contributed by atoms with Gasteiger partial charge in [0.05, 0.1) is 0 Å². The van der Waals surface area contributed by atoms with Gasteiger partial charge >= 0.3 is 5.97 Å². The summed E-state index contributed by atoms with van der Waals surface area (Å²) >= 11 is 0. The van der Waals surface area contributed by atoms with Crippen LogP contribution in [0.1, 0.15) is 92.9 Å². The molecule has 0 spiro atoms. The van der Waals surface area contributed by atoms with E-state index in [9.17, 15) is 9.59 Å². The molecule has 3 nitrogen and oxygen atoms in total. The molecule has 3 heteroatoms. The lowest BCUT2D eigenvalue weighted by atomic mass is 9.48. The van der Waals surface area contributed by atoms with E-state index in [2.05, 4.69) is 40.7 Å². The molecule has 4 aliphatic carbocycles. The Bertz CT molecular complexity index is 921. The minimum atomic E-state index is -0.818. The van der Waals surface area contributed by atoms with Gasteiger partial charge in [-0.05, 0) is 92.3 Å². The number of carboxylic acids is 1. The van der Waals surface area contributed by atoms with E-state index in [1.165, 1.54) is 24.8 Å². The van der Waals surface area contributed by atoms with E-state index in [1.807, 2.05) is 6.08 Å². The van der Waals surface area contributed by atoms with Crippen LogP contribution < -0.4 is 0 Å². The van der Waals surface area contributed by atoms with Gasteiger partial charge in [0.2, 0.25) is 0 Å². The van der Waals surface area contributed by atoms with Crippen LogP contribution in [0.25, 0.3) is 0 Å². The fourth-order valence-corrected chi connectivity index (χ4v) is 8.63. The summed E-state index contributed by atoms with van der Waals surface area (Å²) in [6.45, 7) is 18.1. The topological polar surface area (TPSA) is 54.4 Å². The number of fused-ring (bicyclic) bond motifs is 5. The lowest BCUT2D eigenvalue weighted by molar-refractivity contribution is -0.142. The van der Waals surface area contributed by atoms with Crippen molar-refractivity contribution in [1.29, 1.82) is 0 Å². The number of allylic oxidation sites excluding steroid dienone is 4. The van der Waals surface area contributed by atoms with Crippen molar-refractivity contribution in [3.05, 3.63) is 35.5 Å². The molecule has 3 fully saturated rings. The van der Waals surface area contributed by atoms with Gasteiger partial charge in [-0.25, -0.2) is 4.79 Å². The van der Waals surface area contributed by atoms with Crippen molar-refractivity contribution >= 4 is 11.8 Å². The SMILES string of the molecule is C=C1C2C[C@H]3C(=CC[C@H]4C(C)(C)C(=O)CC[C@]34C)[C@]2(C)CC[C@@H]1[C@H](C)CC/C=C(/C)C(=O)O. The average molecular weight is 453 g/mol. The molecule has 0 bridgehead atoms. The summed E-state index contributed by atoms with van der Waals surface area (Å²) in [6.07, 6.45) is 12.7. The third-order valence-corrected chi connectivity index (χ3v) is 10.9. The molecule has 0 saturated heterocycles. The zero-order chi connectivity index (χ0) is 24.3. The van der Waals surface area contributed by atoms with Gasteiger partial charge < -0.3 is 5.11 Å². The van der Waals surface area contributed by atoms with Crippen LogP contribution in [0.4, 0.5) is 0 Å². The molecular weight excluding hydrogens is 408 g/mol. The van der Waals surface area contributed by atoms with E-state index in [0.29, 0.717) is 40.9 Å².